The molecule has 2 aromatic carbocycles. The average molecular weight is 479 g/mol. The molecule has 32 heavy (non-hydrogen) atoms. The number of carbonyl (C=O) groups is 2. The van der Waals surface area contributed by atoms with Crippen molar-refractivity contribution in [1.82, 2.24) is 10.2 Å². The van der Waals surface area contributed by atoms with Gasteiger partial charge in [0.1, 0.15) is 0 Å². The minimum Gasteiger partial charge on any atom is -0.450 e. The Kier molecular flexibility index (Phi) is 7.92. The summed E-state index contributed by atoms with van der Waals surface area (Å²) in [6.07, 6.45) is -1.45. The SMILES string of the molecule is CCOC(=O)N[C@H](C(=O)c1ccc(C)cc1)N(Cc1ccc(Cl)cc1)[C@H]1CCS(=O)(=O)C1. The van der Waals surface area contributed by atoms with Crippen molar-refractivity contribution in [2.24, 2.45) is 0 Å². The van der Waals surface area contributed by atoms with Crippen LogP contribution < -0.4 is 5.32 Å². The van der Waals surface area contributed by atoms with Crippen LogP contribution in [0.3, 0.4) is 0 Å². The third kappa shape index (κ3) is 6.31. The zero-order valence-electron chi connectivity index (χ0n) is 18.1. The second-order valence-corrected chi connectivity index (χ2v) is 10.5. The third-order valence-electron chi connectivity index (χ3n) is 5.40. The molecule has 7 nitrogen and oxygen atoms in total. The second kappa shape index (κ2) is 10.5. The first-order chi connectivity index (χ1) is 15.2. The number of halogens is 1. The topological polar surface area (TPSA) is 92.8 Å². The van der Waals surface area contributed by atoms with Crippen molar-refractivity contribution in [3.8, 4) is 0 Å². The number of Topliss-reactive ketones (excluding diaryl/α,β-unsaturated/α-hetero) is 1. The van der Waals surface area contributed by atoms with Crippen LogP contribution in [-0.4, -0.2) is 55.5 Å². The van der Waals surface area contributed by atoms with Gasteiger partial charge in [0.25, 0.3) is 0 Å². The predicted molar refractivity (Wildman–Crippen MR) is 124 cm³/mol. The van der Waals surface area contributed by atoms with Gasteiger partial charge < -0.3 is 4.74 Å². The molecule has 1 saturated heterocycles. The number of hydrogen-bond donors (Lipinski definition) is 1. The van der Waals surface area contributed by atoms with Gasteiger partial charge in [-0.15, -0.1) is 0 Å². The van der Waals surface area contributed by atoms with Crippen LogP contribution in [0, 0.1) is 6.92 Å². The highest BCUT2D eigenvalue weighted by atomic mass is 35.5. The Labute approximate surface area is 193 Å². The van der Waals surface area contributed by atoms with Crippen LogP contribution in [0.25, 0.3) is 0 Å². The van der Waals surface area contributed by atoms with Crippen molar-refractivity contribution in [1.29, 1.82) is 0 Å². The molecule has 0 unspecified atom stereocenters. The van der Waals surface area contributed by atoms with Crippen molar-refractivity contribution >= 4 is 33.3 Å². The summed E-state index contributed by atoms with van der Waals surface area (Å²) in [5.74, 6) is -0.376. The number of nitrogens with one attached hydrogen (secondary N) is 1. The quantitative estimate of drug-likeness (QED) is 0.460. The molecule has 1 N–H and O–H groups in total. The fourth-order valence-electron chi connectivity index (χ4n) is 3.73. The first kappa shape index (κ1) is 24.2. The molecular weight excluding hydrogens is 452 g/mol. The third-order valence-corrected chi connectivity index (χ3v) is 7.40. The highest BCUT2D eigenvalue weighted by molar-refractivity contribution is 7.91. The van der Waals surface area contributed by atoms with Gasteiger partial charge in [0.05, 0.1) is 18.1 Å². The summed E-state index contributed by atoms with van der Waals surface area (Å²) in [5, 5.41) is 3.23. The van der Waals surface area contributed by atoms with Crippen molar-refractivity contribution in [2.45, 2.75) is 39.0 Å². The number of amides is 1. The van der Waals surface area contributed by atoms with Crippen LogP contribution >= 0.6 is 11.6 Å². The molecule has 2 aromatic rings. The first-order valence-electron chi connectivity index (χ1n) is 10.4. The number of alkyl carbamates (subject to hydrolysis) is 1. The summed E-state index contributed by atoms with van der Waals surface area (Å²) in [7, 11) is -3.23. The first-order valence-corrected chi connectivity index (χ1v) is 12.6. The second-order valence-electron chi connectivity index (χ2n) is 7.85. The summed E-state index contributed by atoms with van der Waals surface area (Å²) in [4.78, 5) is 27.6. The molecule has 0 bridgehead atoms. The minimum atomic E-state index is -3.23. The summed E-state index contributed by atoms with van der Waals surface area (Å²) in [6.45, 7) is 3.99. The number of ether oxygens (including phenoxy) is 1. The number of nitrogens with zero attached hydrogens (tertiary/aromatic N) is 1. The van der Waals surface area contributed by atoms with Gasteiger partial charge in [-0.25, -0.2) is 13.2 Å². The maximum Gasteiger partial charge on any atom is 0.408 e. The largest absolute Gasteiger partial charge is 0.450 e. The molecule has 1 aliphatic heterocycles. The van der Waals surface area contributed by atoms with E-state index in [1.165, 1.54) is 0 Å². The van der Waals surface area contributed by atoms with Gasteiger partial charge in [0, 0.05) is 23.2 Å². The summed E-state index contributed by atoms with van der Waals surface area (Å²) in [5.41, 5.74) is 2.25. The Hall–Kier alpha value is -2.42. The van der Waals surface area contributed by atoms with Gasteiger partial charge in [-0.3, -0.25) is 15.0 Å². The van der Waals surface area contributed by atoms with E-state index in [1.54, 1.807) is 36.1 Å². The van der Waals surface area contributed by atoms with E-state index in [-0.39, 0.29) is 30.4 Å². The number of hydrogen-bond acceptors (Lipinski definition) is 6. The standard InChI is InChI=1S/C23H27ClN2O5S/c1-3-31-23(28)25-22(21(27)18-8-4-16(2)5-9-18)26(20-12-13-32(29,30)15-20)14-17-6-10-19(24)11-7-17/h4-11,20,22H,3,12-15H2,1-2H3,(H,25,28)/t20-,22-/m0/s1. The molecule has 1 aliphatic rings. The smallest absolute Gasteiger partial charge is 0.408 e. The molecule has 3 rings (SSSR count). The summed E-state index contributed by atoms with van der Waals surface area (Å²) < 4.78 is 29.5. The van der Waals surface area contributed by atoms with E-state index in [4.69, 9.17) is 16.3 Å². The van der Waals surface area contributed by atoms with Crippen LogP contribution in [-0.2, 0) is 21.1 Å². The highest BCUT2D eigenvalue weighted by Gasteiger charge is 2.39. The highest BCUT2D eigenvalue weighted by Crippen LogP contribution is 2.24. The fourth-order valence-corrected chi connectivity index (χ4v) is 5.60. The average Bonchev–Trinajstić information content (AvgIpc) is 3.11. The van der Waals surface area contributed by atoms with Gasteiger partial charge in [0.15, 0.2) is 21.8 Å². The van der Waals surface area contributed by atoms with Crippen LogP contribution in [0.5, 0.6) is 0 Å². The number of rotatable bonds is 8. The van der Waals surface area contributed by atoms with E-state index in [1.807, 2.05) is 31.2 Å². The van der Waals surface area contributed by atoms with Crippen LogP contribution in [0.1, 0.15) is 34.8 Å². The Morgan fingerprint density at radius 1 is 1.16 bits per heavy atom. The van der Waals surface area contributed by atoms with Gasteiger partial charge in [-0.05, 0) is 38.0 Å². The molecule has 1 fully saturated rings. The lowest BCUT2D eigenvalue weighted by molar-refractivity contribution is 0.0619. The number of ketones is 1. The van der Waals surface area contributed by atoms with E-state index in [0.29, 0.717) is 17.0 Å². The number of carbonyl (C=O) groups excluding carboxylic acids is 2. The van der Waals surface area contributed by atoms with Gasteiger partial charge >= 0.3 is 6.09 Å². The Bertz CT molecular complexity index is 1050. The normalized spacial score (nSPS) is 18.3. The molecule has 9 heteroatoms. The molecule has 1 heterocycles. The van der Waals surface area contributed by atoms with Crippen molar-refractivity contribution in [3.05, 3.63) is 70.2 Å². The lowest BCUT2D eigenvalue weighted by Gasteiger charge is -2.35. The van der Waals surface area contributed by atoms with Gasteiger partial charge in [0.2, 0.25) is 0 Å². The number of benzene rings is 2. The number of sulfone groups is 1. The van der Waals surface area contributed by atoms with Crippen molar-refractivity contribution < 1.29 is 22.7 Å². The Morgan fingerprint density at radius 2 is 1.81 bits per heavy atom. The van der Waals surface area contributed by atoms with Crippen LogP contribution in [0.4, 0.5) is 4.79 Å². The minimum absolute atomic E-state index is 0.0413. The Balaban J connectivity index is 1.99. The molecule has 0 radical (unpaired) electrons. The molecule has 0 saturated carbocycles. The molecule has 0 aromatic heterocycles. The monoisotopic (exact) mass is 478 g/mol. The predicted octanol–water partition coefficient (Wildman–Crippen LogP) is 3.59. The molecule has 0 aliphatic carbocycles. The van der Waals surface area contributed by atoms with Crippen molar-refractivity contribution in [2.75, 3.05) is 18.1 Å². The summed E-state index contributed by atoms with van der Waals surface area (Å²) in [6, 6.07) is 13.7. The van der Waals surface area contributed by atoms with E-state index < -0.39 is 28.1 Å². The van der Waals surface area contributed by atoms with Crippen LogP contribution in [0.2, 0.25) is 5.02 Å². The van der Waals surface area contributed by atoms with Crippen molar-refractivity contribution in [3.63, 3.8) is 0 Å². The van der Waals surface area contributed by atoms with E-state index >= 15 is 0 Å². The maximum absolute atomic E-state index is 13.5. The molecule has 0 spiro atoms. The van der Waals surface area contributed by atoms with E-state index in [2.05, 4.69) is 5.32 Å². The molecule has 2 atom stereocenters. The maximum atomic E-state index is 13.5. The van der Waals surface area contributed by atoms with E-state index in [0.717, 1.165) is 11.1 Å². The zero-order chi connectivity index (χ0) is 23.3. The Morgan fingerprint density at radius 3 is 2.38 bits per heavy atom. The summed E-state index contributed by atoms with van der Waals surface area (Å²) >= 11 is 6.00. The zero-order valence-corrected chi connectivity index (χ0v) is 19.7. The molecular formula is C23H27ClN2O5S. The van der Waals surface area contributed by atoms with Gasteiger partial charge in [-0.1, -0.05) is 53.6 Å². The lowest BCUT2D eigenvalue weighted by Crippen LogP contribution is -2.56. The fraction of sp³-hybridized carbons (Fsp3) is 0.391. The van der Waals surface area contributed by atoms with Gasteiger partial charge in [-0.2, -0.15) is 0 Å². The molecule has 1 amide bonds. The van der Waals surface area contributed by atoms with Crippen LogP contribution in [0.15, 0.2) is 48.5 Å². The number of aryl methyl sites for hydroxylation is 1. The van der Waals surface area contributed by atoms with E-state index in [9.17, 15) is 18.0 Å². The lowest BCUT2D eigenvalue weighted by atomic mass is 10.0. The molecule has 172 valence electrons.